The number of benzene rings is 2. The van der Waals surface area contributed by atoms with Crippen molar-refractivity contribution >= 4 is 31.5 Å². The number of nitrogens with one attached hydrogen (secondary N) is 1. The lowest BCUT2D eigenvalue weighted by molar-refractivity contribution is 0.102. The van der Waals surface area contributed by atoms with E-state index in [4.69, 9.17) is 4.74 Å². The summed E-state index contributed by atoms with van der Waals surface area (Å²) in [7, 11) is -5.64. The first-order chi connectivity index (χ1) is 13.6. The number of rotatable bonds is 6. The number of ether oxygens (including phenoxy) is 1. The molecule has 8 nitrogen and oxygen atoms in total. The van der Waals surface area contributed by atoms with Crippen LogP contribution in [0.25, 0.3) is 0 Å². The number of sulfonamides is 1. The zero-order valence-corrected chi connectivity index (χ0v) is 17.7. The summed E-state index contributed by atoms with van der Waals surface area (Å²) in [4.78, 5) is 12.9. The van der Waals surface area contributed by atoms with Crippen LogP contribution in [0, 0.1) is 0 Å². The van der Waals surface area contributed by atoms with E-state index in [1.165, 1.54) is 53.9 Å². The summed E-state index contributed by atoms with van der Waals surface area (Å²) in [5, 5.41) is 2.64. The fourth-order valence-corrected chi connectivity index (χ4v) is 5.26. The van der Waals surface area contributed by atoms with Crippen LogP contribution in [0.1, 0.15) is 23.2 Å². The van der Waals surface area contributed by atoms with Crippen molar-refractivity contribution in [1.82, 2.24) is 4.31 Å². The predicted octanol–water partition coefficient (Wildman–Crippen LogP) is 2.14. The molecule has 156 valence electrons. The Kier molecular flexibility index (Phi) is 5.97. The van der Waals surface area contributed by atoms with Crippen molar-refractivity contribution in [2.45, 2.75) is 22.6 Å². The van der Waals surface area contributed by atoms with Gasteiger partial charge in [0.1, 0.15) is 5.75 Å². The highest BCUT2D eigenvalue weighted by Crippen LogP contribution is 2.27. The van der Waals surface area contributed by atoms with Gasteiger partial charge in [-0.2, -0.15) is 4.31 Å². The average Bonchev–Trinajstić information content (AvgIpc) is 3.23. The van der Waals surface area contributed by atoms with E-state index >= 15 is 0 Å². The Labute approximate surface area is 170 Å². The molecule has 0 aliphatic carbocycles. The predicted molar refractivity (Wildman–Crippen MR) is 108 cm³/mol. The molecule has 1 fully saturated rings. The van der Waals surface area contributed by atoms with Crippen molar-refractivity contribution in [2.75, 3.05) is 31.8 Å². The van der Waals surface area contributed by atoms with Gasteiger partial charge < -0.3 is 10.1 Å². The number of methoxy groups -OCH3 is 1. The minimum Gasteiger partial charge on any atom is -0.496 e. The van der Waals surface area contributed by atoms with E-state index in [2.05, 4.69) is 5.32 Å². The number of sulfone groups is 1. The van der Waals surface area contributed by atoms with E-state index in [0.29, 0.717) is 18.8 Å². The Balaban J connectivity index is 1.89. The third kappa shape index (κ3) is 4.60. The number of hydrogen-bond donors (Lipinski definition) is 1. The molecule has 29 heavy (non-hydrogen) atoms. The van der Waals surface area contributed by atoms with Crippen LogP contribution >= 0.6 is 0 Å². The second-order valence-corrected chi connectivity index (χ2v) is 10.7. The first-order valence-corrected chi connectivity index (χ1v) is 12.3. The summed E-state index contributed by atoms with van der Waals surface area (Å²) in [6.07, 6.45) is 2.72. The van der Waals surface area contributed by atoms with Crippen LogP contribution in [0.2, 0.25) is 0 Å². The Morgan fingerprint density at radius 1 is 0.966 bits per heavy atom. The van der Waals surface area contributed by atoms with Crippen molar-refractivity contribution in [3.63, 3.8) is 0 Å². The molecular weight excluding hydrogens is 416 g/mol. The fourth-order valence-electron chi connectivity index (χ4n) is 3.09. The second-order valence-electron chi connectivity index (χ2n) is 6.72. The monoisotopic (exact) mass is 438 g/mol. The highest BCUT2D eigenvalue weighted by Gasteiger charge is 2.28. The van der Waals surface area contributed by atoms with Crippen LogP contribution in [0.4, 0.5) is 5.69 Å². The van der Waals surface area contributed by atoms with Gasteiger partial charge in [0.25, 0.3) is 5.91 Å². The van der Waals surface area contributed by atoms with E-state index in [-0.39, 0.29) is 21.1 Å². The molecule has 0 spiro atoms. The van der Waals surface area contributed by atoms with Crippen LogP contribution in [0.3, 0.4) is 0 Å². The topological polar surface area (TPSA) is 110 Å². The number of amides is 1. The van der Waals surface area contributed by atoms with Gasteiger partial charge in [-0.3, -0.25) is 4.79 Å². The minimum absolute atomic E-state index is 0.0257. The van der Waals surface area contributed by atoms with E-state index in [1.807, 2.05) is 0 Å². The van der Waals surface area contributed by atoms with Crippen molar-refractivity contribution < 1.29 is 26.4 Å². The van der Waals surface area contributed by atoms with Crippen molar-refractivity contribution in [3.8, 4) is 5.75 Å². The lowest BCUT2D eigenvalue weighted by Gasteiger charge is -2.17. The molecule has 1 saturated heterocycles. The van der Waals surface area contributed by atoms with Gasteiger partial charge in [0.05, 0.1) is 22.5 Å². The molecule has 3 rings (SSSR count). The molecular formula is C19H22N2O6S2. The molecule has 1 amide bonds. The third-order valence-corrected chi connectivity index (χ3v) is 7.68. The van der Waals surface area contributed by atoms with Gasteiger partial charge >= 0.3 is 0 Å². The van der Waals surface area contributed by atoms with Crippen LogP contribution < -0.4 is 10.1 Å². The van der Waals surface area contributed by atoms with Crippen LogP contribution in [-0.4, -0.2) is 53.5 Å². The Hall–Kier alpha value is -2.43. The third-order valence-electron chi connectivity index (χ3n) is 4.66. The van der Waals surface area contributed by atoms with Gasteiger partial charge in [0.2, 0.25) is 10.0 Å². The molecule has 1 N–H and O–H groups in total. The maximum Gasteiger partial charge on any atom is 0.259 e. The molecule has 0 radical (unpaired) electrons. The second kappa shape index (κ2) is 8.13. The average molecular weight is 439 g/mol. The molecule has 1 heterocycles. The minimum atomic E-state index is -3.68. The first kappa shape index (κ1) is 21.3. The maximum atomic E-state index is 12.8. The van der Waals surface area contributed by atoms with Gasteiger partial charge in [-0.1, -0.05) is 0 Å². The molecule has 1 aliphatic heterocycles. The van der Waals surface area contributed by atoms with Crippen LogP contribution in [0.15, 0.2) is 52.3 Å². The summed E-state index contributed by atoms with van der Waals surface area (Å²) >= 11 is 0. The van der Waals surface area contributed by atoms with E-state index < -0.39 is 25.8 Å². The molecule has 0 aromatic heterocycles. The summed E-state index contributed by atoms with van der Waals surface area (Å²) < 4.78 is 55.3. The van der Waals surface area contributed by atoms with Crippen molar-refractivity contribution in [2.24, 2.45) is 0 Å². The highest BCUT2D eigenvalue weighted by atomic mass is 32.2. The van der Waals surface area contributed by atoms with Gasteiger partial charge in [-0.05, 0) is 55.3 Å². The van der Waals surface area contributed by atoms with Crippen LogP contribution in [-0.2, 0) is 19.9 Å². The number of anilines is 1. The molecule has 1 aliphatic rings. The van der Waals surface area contributed by atoms with Gasteiger partial charge in [-0.15, -0.1) is 0 Å². The summed E-state index contributed by atoms with van der Waals surface area (Å²) in [6, 6.07) is 9.87. The summed E-state index contributed by atoms with van der Waals surface area (Å²) in [5.41, 5.74) is 0.442. The highest BCUT2D eigenvalue weighted by molar-refractivity contribution is 7.90. The normalized spacial score (nSPS) is 15.2. The zero-order valence-electron chi connectivity index (χ0n) is 16.1. The molecule has 2 aromatic carbocycles. The molecule has 0 unspecified atom stereocenters. The van der Waals surface area contributed by atoms with Gasteiger partial charge in [0.15, 0.2) is 9.84 Å². The summed E-state index contributed by atoms with van der Waals surface area (Å²) in [6.45, 7) is 0.922. The van der Waals surface area contributed by atoms with E-state index in [1.54, 1.807) is 0 Å². The summed E-state index contributed by atoms with van der Waals surface area (Å²) in [5.74, 6) is -0.331. The Bertz CT molecular complexity index is 1120. The molecule has 10 heteroatoms. The van der Waals surface area contributed by atoms with E-state index in [9.17, 15) is 21.6 Å². The maximum absolute atomic E-state index is 12.8. The van der Waals surface area contributed by atoms with Gasteiger partial charge in [0, 0.05) is 25.0 Å². The van der Waals surface area contributed by atoms with Gasteiger partial charge in [-0.25, -0.2) is 16.8 Å². The lowest BCUT2D eigenvalue weighted by atomic mass is 10.2. The standard InChI is InChI=1S/C19H22N2O6S2/c1-27-18-10-9-16(29(25,26)21-11-3-4-12-21)13-17(18)19(22)20-14-5-7-15(8-6-14)28(2,23)24/h5-10,13H,3-4,11-12H2,1-2H3,(H,20,22). The first-order valence-electron chi connectivity index (χ1n) is 8.92. The lowest BCUT2D eigenvalue weighted by Crippen LogP contribution is -2.28. The SMILES string of the molecule is COc1ccc(S(=O)(=O)N2CCCC2)cc1C(=O)Nc1ccc(S(C)(=O)=O)cc1. The van der Waals surface area contributed by atoms with Crippen LogP contribution in [0.5, 0.6) is 5.75 Å². The van der Waals surface area contributed by atoms with Crippen molar-refractivity contribution in [3.05, 3.63) is 48.0 Å². The smallest absolute Gasteiger partial charge is 0.259 e. The number of hydrogen-bond acceptors (Lipinski definition) is 6. The Morgan fingerprint density at radius 3 is 2.10 bits per heavy atom. The molecule has 2 aromatic rings. The largest absolute Gasteiger partial charge is 0.496 e. The quantitative estimate of drug-likeness (QED) is 0.740. The number of nitrogens with zero attached hydrogens (tertiary/aromatic N) is 1. The zero-order chi connectivity index (χ0) is 21.2. The molecule has 0 bridgehead atoms. The molecule has 0 saturated carbocycles. The fraction of sp³-hybridized carbons (Fsp3) is 0.316. The van der Waals surface area contributed by atoms with Crippen molar-refractivity contribution in [1.29, 1.82) is 0 Å². The Morgan fingerprint density at radius 2 is 1.55 bits per heavy atom. The number of carbonyl (C=O) groups excluding carboxylic acids is 1. The molecule has 0 atom stereocenters. The van der Waals surface area contributed by atoms with E-state index in [0.717, 1.165) is 19.1 Å². The number of carbonyl (C=O) groups is 1.